The third kappa shape index (κ3) is 1.48. The van der Waals surface area contributed by atoms with E-state index in [0.29, 0.717) is 29.8 Å². The molecule has 1 spiro atoms. The van der Waals surface area contributed by atoms with Crippen LogP contribution >= 0.6 is 0 Å². The number of aromatic hydroxyl groups is 1. The van der Waals surface area contributed by atoms with Crippen LogP contribution in [0.4, 0.5) is 5.69 Å². The molecule has 2 bridgehead atoms. The second-order valence-corrected chi connectivity index (χ2v) is 7.42. The lowest BCUT2D eigenvalue weighted by Crippen LogP contribution is -2.75. The minimum atomic E-state index is -1.22. The number of rotatable bonds is 1. The molecule has 0 unspecified atom stereocenters. The van der Waals surface area contributed by atoms with Gasteiger partial charge in [-0.3, -0.25) is 4.90 Å². The Balaban J connectivity index is 1.91. The van der Waals surface area contributed by atoms with Gasteiger partial charge < -0.3 is 20.1 Å². The number of ether oxygens (including phenoxy) is 1. The molecule has 2 aliphatic heterocycles. The quantitative estimate of drug-likeness (QED) is 0.307. The third-order valence-corrected chi connectivity index (χ3v) is 6.54. The Morgan fingerprint density at radius 3 is 3.04 bits per heavy atom. The number of nitrogens with zero attached hydrogens (tertiary/aromatic N) is 4. The van der Waals surface area contributed by atoms with Gasteiger partial charge in [-0.05, 0) is 43.6 Å². The zero-order chi connectivity index (χ0) is 17.6. The number of benzene rings is 1. The molecule has 2 heterocycles. The number of azide groups is 1. The average Bonchev–Trinajstić information content (AvgIpc) is 2.93. The first kappa shape index (κ1) is 15.0. The van der Waals surface area contributed by atoms with Crippen molar-refractivity contribution >= 4 is 5.69 Å². The number of phenols is 1. The Kier molecular flexibility index (Phi) is 2.69. The van der Waals surface area contributed by atoms with Crippen molar-refractivity contribution in [2.45, 2.75) is 42.1 Å². The molecule has 8 heteroatoms. The van der Waals surface area contributed by atoms with Gasteiger partial charge in [0.05, 0.1) is 5.41 Å². The molecule has 5 rings (SSSR count). The summed E-state index contributed by atoms with van der Waals surface area (Å²) in [5.74, 6) is 0.165. The van der Waals surface area contributed by atoms with Crippen molar-refractivity contribution in [1.29, 1.82) is 0 Å². The molecule has 0 amide bonds. The van der Waals surface area contributed by atoms with Gasteiger partial charge in [0, 0.05) is 22.2 Å². The molecule has 25 heavy (non-hydrogen) atoms. The summed E-state index contributed by atoms with van der Waals surface area (Å²) in [7, 11) is 1.96. The maximum Gasteiger partial charge on any atom is 0.165 e. The van der Waals surface area contributed by atoms with Crippen molar-refractivity contribution in [2.75, 3.05) is 13.6 Å². The summed E-state index contributed by atoms with van der Waals surface area (Å²) >= 11 is 0. The van der Waals surface area contributed by atoms with Gasteiger partial charge >= 0.3 is 0 Å². The average molecular weight is 342 g/mol. The number of likely N-dealkylation sites (tertiary alicyclic amines) is 1. The van der Waals surface area contributed by atoms with E-state index in [-0.39, 0.29) is 11.8 Å². The predicted octanol–water partition coefficient (Wildman–Crippen LogP) is 1.25. The van der Waals surface area contributed by atoms with E-state index in [4.69, 9.17) is 10.3 Å². The van der Waals surface area contributed by atoms with Gasteiger partial charge in [-0.2, -0.15) is 0 Å². The van der Waals surface area contributed by atoms with Crippen LogP contribution in [-0.2, 0) is 11.8 Å². The molecule has 4 aliphatic rings. The van der Waals surface area contributed by atoms with Crippen LogP contribution in [0.25, 0.3) is 10.4 Å². The van der Waals surface area contributed by atoms with E-state index >= 15 is 0 Å². The van der Waals surface area contributed by atoms with Crippen LogP contribution in [0.2, 0.25) is 0 Å². The molecule has 1 fully saturated rings. The number of likely N-dealkylation sites (N-methyl/N-ethyl adjacent to an activating group) is 1. The SMILES string of the molecule is CN1CC[C@]23c4c5c(N=[N+]=[N-])cc(O)c4O[C@H]2[C@@H](O)C=C[C@@]3(O)[C@H]1C5. The molecule has 0 saturated carbocycles. The van der Waals surface area contributed by atoms with Crippen molar-refractivity contribution in [3.63, 3.8) is 0 Å². The maximum absolute atomic E-state index is 11.7. The first-order chi connectivity index (χ1) is 11.9. The minimum Gasteiger partial charge on any atom is -0.504 e. The van der Waals surface area contributed by atoms with E-state index in [9.17, 15) is 15.3 Å². The number of hydrogen-bond acceptors (Lipinski definition) is 6. The fraction of sp³-hybridized carbons (Fsp3) is 0.529. The predicted molar refractivity (Wildman–Crippen MR) is 87.8 cm³/mol. The van der Waals surface area contributed by atoms with Crippen LogP contribution in [0.3, 0.4) is 0 Å². The van der Waals surface area contributed by atoms with Crippen molar-refractivity contribution in [3.05, 3.63) is 39.8 Å². The number of piperidine rings is 1. The third-order valence-electron chi connectivity index (χ3n) is 6.54. The number of aliphatic hydroxyl groups is 2. The van der Waals surface area contributed by atoms with Crippen LogP contribution in [-0.4, -0.2) is 57.7 Å². The topological polar surface area (TPSA) is 122 Å². The molecule has 2 aliphatic carbocycles. The number of hydrogen-bond donors (Lipinski definition) is 3. The molecule has 1 aromatic rings. The molecule has 130 valence electrons. The van der Waals surface area contributed by atoms with E-state index in [1.54, 1.807) is 12.2 Å². The Morgan fingerprint density at radius 1 is 1.48 bits per heavy atom. The highest BCUT2D eigenvalue weighted by Crippen LogP contribution is 2.65. The van der Waals surface area contributed by atoms with Crippen LogP contribution in [0.15, 0.2) is 23.3 Å². The van der Waals surface area contributed by atoms with Gasteiger partial charge in [-0.25, -0.2) is 0 Å². The molecular weight excluding hydrogens is 324 g/mol. The van der Waals surface area contributed by atoms with Crippen LogP contribution in [0.5, 0.6) is 11.5 Å². The van der Waals surface area contributed by atoms with Crippen molar-refractivity contribution in [2.24, 2.45) is 5.11 Å². The lowest BCUT2D eigenvalue weighted by atomic mass is 9.50. The number of aliphatic hydroxyl groups excluding tert-OH is 1. The normalized spacial score (nSPS) is 40.2. The first-order valence-corrected chi connectivity index (χ1v) is 8.35. The molecular formula is C17H18N4O4. The van der Waals surface area contributed by atoms with E-state index in [1.165, 1.54) is 6.07 Å². The van der Waals surface area contributed by atoms with Gasteiger partial charge in [0.25, 0.3) is 0 Å². The van der Waals surface area contributed by atoms with E-state index < -0.39 is 23.2 Å². The summed E-state index contributed by atoms with van der Waals surface area (Å²) in [5, 5.41) is 36.4. The molecule has 1 aromatic carbocycles. The van der Waals surface area contributed by atoms with Gasteiger partial charge in [0.2, 0.25) is 0 Å². The maximum atomic E-state index is 11.7. The molecule has 1 saturated heterocycles. The zero-order valence-corrected chi connectivity index (χ0v) is 13.6. The van der Waals surface area contributed by atoms with Crippen molar-refractivity contribution in [3.8, 4) is 11.5 Å². The summed E-state index contributed by atoms with van der Waals surface area (Å²) in [6, 6.07) is 1.17. The van der Waals surface area contributed by atoms with Gasteiger partial charge in [0.15, 0.2) is 11.5 Å². The Hall–Kier alpha value is -2.25. The molecule has 3 N–H and O–H groups in total. The number of phenolic OH excluding ortho intramolecular Hbond substituents is 1. The Bertz CT molecular complexity index is 880. The fourth-order valence-electron chi connectivity index (χ4n) is 5.49. The van der Waals surface area contributed by atoms with Crippen LogP contribution in [0.1, 0.15) is 17.5 Å². The van der Waals surface area contributed by atoms with Crippen molar-refractivity contribution < 1.29 is 20.1 Å². The summed E-state index contributed by atoms with van der Waals surface area (Å²) in [6.45, 7) is 0.735. The highest BCUT2D eigenvalue weighted by Gasteiger charge is 2.71. The zero-order valence-electron chi connectivity index (χ0n) is 13.6. The smallest absolute Gasteiger partial charge is 0.165 e. The Labute approximate surface area is 143 Å². The molecule has 8 nitrogen and oxygen atoms in total. The van der Waals surface area contributed by atoms with Gasteiger partial charge in [-0.15, -0.1) is 0 Å². The molecule has 0 aromatic heterocycles. The van der Waals surface area contributed by atoms with Crippen LogP contribution < -0.4 is 4.74 Å². The summed E-state index contributed by atoms with van der Waals surface area (Å²) in [5.41, 5.74) is 8.66. The second kappa shape index (κ2) is 4.47. The molecule has 5 atom stereocenters. The standard InChI is InChI=1S/C17H18N4O4/c1-21-5-4-16-13-8-6-12(21)17(16,24)3-2-10(22)15(16)25-14(13)11(23)7-9(8)19-20-18/h2-3,7,10,12,15,22-24H,4-6H2,1H3/t10-,12+,15-,16-,17+/m0/s1. The highest BCUT2D eigenvalue weighted by atomic mass is 16.5. The van der Waals surface area contributed by atoms with Gasteiger partial charge in [0.1, 0.15) is 17.8 Å². The highest BCUT2D eigenvalue weighted by molar-refractivity contribution is 5.71. The first-order valence-electron chi connectivity index (χ1n) is 8.35. The lowest BCUT2D eigenvalue weighted by molar-refractivity contribution is -0.151. The van der Waals surface area contributed by atoms with Gasteiger partial charge in [-0.1, -0.05) is 17.3 Å². The Morgan fingerprint density at radius 2 is 2.28 bits per heavy atom. The summed E-state index contributed by atoms with van der Waals surface area (Å²) < 4.78 is 5.99. The summed E-state index contributed by atoms with van der Waals surface area (Å²) in [4.78, 5) is 4.97. The second-order valence-electron chi connectivity index (χ2n) is 7.42. The lowest BCUT2D eigenvalue weighted by Gasteiger charge is -2.61. The minimum absolute atomic E-state index is 0.128. The molecule has 0 radical (unpaired) electrons. The van der Waals surface area contributed by atoms with E-state index in [2.05, 4.69) is 14.9 Å². The fourth-order valence-corrected chi connectivity index (χ4v) is 5.49. The van der Waals surface area contributed by atoms with Crippen LogP contribution in [0, 0.1) is 0 Å². The monoisotopic (exact) mass is 342 g/mol. The van der Waals surface area contributed by atoms with Crippen molar-refractivity contribution in [1.82, 2.24) is 4.90 Å². The van der Waals surface area contributed by atoms with E-state index in [1.807, 2.05) is 7.05 Å². The largest absolute Gasteiger partial charge is 0.504 e. The van der Waals surface area contributed by atoms with E-state index in [0.717, 1.165) is 12.1 Å². The summed E-state index contributed by atoms with van der Waals surface area (Å²) in [6.07, 6.45) is 2.75.